The number of aliphatic carboxylic acids is 1. The number of amidine groups is 1. The molecule has 186 valence electrons. The number of carboxylic acid groups (broad SMARTS) is 1. The van der Waals surface area contributed by atoms with E-state index in [4.69, 9.17) is 26.7 Å². The molecular formula is C27H34N4O4. The second-order valence-electron chi connectivity index (χ2n) is 7.13. The van der Waals surface area contributed by atoms with Crippen LogP contribution in [0.15, 0.2) is 78.9 Å². The van der Waals surface area contributed by atoms with Crippen LogP contribution >= 0.6 is 0 Å². The number of para-hydroxylation sites is 1. The highest BCUT2D eigenvalue weighted by atomic mass is 16.5. The second-order valence-corrected chi connectivity index (χ2v) is 7.13. The first-order chi connectivity index (χ1) is 16.8. The zero-order chi connectivity index (χ0) is 26.2. The monoisotopic (exact) mass is 478 g/mol. The highest BCUT2D eigenvalue weighted by molar-refractivity contribution is 5.95. The quantitative estimate of drug-likeness (QED) is 0.247. The van der Waals surface area contributed by atoms with E-state index in [2.05, 4.69) is 5.32 Å². The van der Waals surface area contributed by atoms with E-state index in [9.17, 15) is 9.59 Å². The van der Waals surface area contributed by atoms with Crippen LogP contribution in [0.1, 0.15) is 25.0 Å². The molecule has 0 aliphatic rings. The van der Waals surface area contributed by atoms with Crippen molar-refractivity contribution in [1.29, 1.82) is 5.41 Å². The summed E-state index contributed by atoms with van der Waals surface area (Å²) in [7, 11) is 1.66. The molecule has 8 heteroatoms. The topological polar surface area (TPSA) is 152 Å². The fourth-order valence-electron chi connectivity index (χ4n) is 2.77. The fraction of sp³-hybridized carbons (Fsp3) is 0.222. The van der Waals surface area contributed by atoms with E-state index in [1.165, 1.54) is 0 Å². The zero-order valence-corrected chi connectivity index (χ0v) is 20.3. The summed E-state index contributed by atoms with van der Waals surface area (Å²) in [5, 5.41) is 18.6. The minimum atomic E-state index is -1.15. The minimum Gasteiger partial charge on any atom is -0.497 e. The predicted octanol–water partition coefficient (Wildman–Crippen LogP) is 3.43. The van der Waals surface area contributed by atoms with Gasteiger partial charge in [0.05, 0.1) is 13.5 Å². The number of nitrogens with one attached hydrogen (secondary N) is 2. The van der Waals surface area contributed by atoms with Crippen molar-refractivity contribution in [2.75, 3.05) is 13.7 Å². The third kappa shape index (κ3) is 10.5. The van der Waals surface area contributed by atoms with E-state index < -0.39 is 12.0 Å². The molecule has 1 atom stereocenters. The van der Waals surface area contributed by atoms with Gasteiger partial charge in [0, 0.05) is 12.1 Å². The van der Waals surface area contributed by atoms with Crippen molar-refractivity contribution < 1.29 is 19.4 Å². The Labute approximate surface area is 206 Å². The predicted molar refractivity (Wildman–Crippen MR) is 140 cm³/mol. The molecule has 7 N–H and O–H groups in total. The number of carbonyl (C=O) groups is 2. The maximum atomic E-state index is 11.8. The van der Waals surface area contributed by atoms with Crippen LogP contribution in [0.3, 0.4) is 0 Å². The largest absolute Gasteiger partial charge is 0.497 e. The normalized spacial score (nSPS) is 10.4. The van der Waals surface area contributed by atoms with Crippen LogP contribution in [0.5, 0.6) is 5.75 Å². The number of hydrogen-bond donors (Lipinski definition) is 5. The van der Waals surface area contributed by atoms with Crippen LogP contribution in [0.25, 0.3) is 11.1 Å². The number of hydrogen-bond acceptors (Lipinski definition) is 5. The molecule has 0 fully saturated rings. The molecule has 0 aliphatic carbocycles. The van der Waals surface area contributed by atoms with Gasteiger partial charge in [-0.2, -0.15) is 0 Å². The zero-order valence-electron chi connectivity index (χ0n) is 20.3. The van der Waals surface area contributed by atoms with Crippen LogP contribution in [-0.4, -0.2) is 42.5 Å². The van der Waals surface area contributed by atoms with Gasteiger partial charge in [-0.15, -0.1) is 0 Å². The highest BCUT2D eigenvalue weighted by Gasteiger charge is 2.12. The molecule has 3 aromatic carbocycles. The lowest BCUT2D eigenvalue weighted by Gasteiger charge is -2.09. The standard InChI is InChI=1S/C18H20N4O3.C7H8O.C2H6/c19-15(18(24)25)10-22-16(23)9-11-1-3-12(4-2-11)13-5-7-14(8-6-13)17(20)21;1-8-7-5-3-2-4-6-7;1-2/h1-8,15H,9-10,19H2,(H3,20,21)(H,22,23)(H,24,25);2-6H,1H3;1-2H3. The Kier molecular flexibility index (Phi) is 12.9. The lowest BCUT2D eigenvalue weighted by molar-refractivity contribution is -0.138. The Hall–Kier alpha value is -4.17. The summed E-state index contributed by atoms with van der Waals surface area (Å²) in [5.41, 5.74) is 14.2. The van der Waals surface area contributed by atoms with Gasteiger partial charge in [-0.1, -0.05) is 80.6 Å². The van der Waals surface area contributed by atoms with Crippen molar-refractivity contribution in [3.8, 4) is 16.9 Å². The molecule has 0 bridgehead atoms. The van der Waals surface area contributed by atoms with Crippen molar-refractivity contribution in [1.82, 2.24) is 5.32 Å². The van der Waals surface area contributed by atoms with E-state index in [1.54, 1.807) is 19.2 Å². The summed E-state index contributed by atoms with van der Waals surface area (Å²) < 4.78 is 4.91. The molecule has 1 unspecified atom stereocenters. The molecule has 35 heavy (non-hydrogen) atoms. The van der Waals surface area contributed by atoms with Crippen LogP contribution in [0, 0.1) is 5.41 Å². The Morgan fingerprint density at radius 3 is 1.89 bits per heavy atom. The first-order valence-electron chi connectivity index (χ1n) is 11.2. The Morgan fingerprint density at radius 2 is 1.46 bits per heavy atom. The van der Waals surface area contributed by atoms with Gasteiger partial charge in [-0.3, -0.25) is 15.0 Å². The van der Waals surface area contributed by atoms with E-state index in [0.717, 1.165) is 22.4 Å². The van der Waals surface area contributed by atoms with Crippen LogP contribution < -0.4 is 21.5 Å². The first kappa shape index (κ1) is 28.9. The van der Waals surface area contributed by atoms with Gasteiger partial charge in [-0.05, 0) is 28.8 Å². The molecule has 0 aliphatic heterocycles. The van der Waals surface area contributed by atoms with Gasteiger partial charge >= 0.3 is 5.97 Å². The molecule has 0 heterocycles. The average molecular weight is 479 g/mol. The van der Waals surface area contributed by atoms with Crippen molar-refractivity contribution in [2.45, 2.75) is 26.3 Å². The molecule has 8 nitrogen and oxygen atoms in total. The molecule has 0 spiro atoms. The Bertz CT molecular complexity index is 1050. The summed E-state index contributed by atoms with van der Waals surface area (Å²) in [6, 6.07) is 23.4. The van der Waals surface area contributed by atoms with Crippen LogP contribution in [0.2, 0.25) is 0 Å². The Balaban J connectivity index is 0.000000512. The van der Waals surface area contributed by atoms with E-state index in [1.807, 2.05) is 80.6 Å². The summed E-state index contributed by atoms with van der Waals surface area (Å²) in [6.45, 7) is 3.90. The van der Waals surface area contributed by atoms with E-state index >= 15 is 0 Å². The number of benzene rings is 3. The SMILES string of the molecule is CC.COc1ccccc1.N=C(N)c1ccc(-c2ccc(CC(=O)NCC(N)C(=O)O)cc2)cc1. The number of rotatable bonds is 8. The van der Waals surface area contributed by atoms with Crippen molar-refractivity contribution in [3.05, 3.63) is 90.0 Å². The summed E-state index contributed by atoms with van der Waals surface area (Å²) >= 11 is 0. The number of carbonyl (C=O) groups excluding carboxylic acids is 1. The molecule has 0 saturated heterocycles. The van der Waals surface area contributed by atoms with Crippen LogP contribution in [0.4, 0.5) is 0 Å². The van der Waals surface area contributed by atoms with Gasteiger partial charge in [0.15, 0.2) is 0 Å². The molecule has 0 aromatic heterocycles. The van der Waals surface area contributed by atoms with Gasteiger partial charge in [0.2, 0.25) is 5.91 Å². The lowest BCUT2D eigenvalue weighted by Crippen LogP contribution is -2.42. The Morgan fingerprint density at radius 1 is 0.943 bits per heavy atom. The number of nitrogen functional groups attached to an aromatic ring is 1. The van der Waals surface area contributed by atoms with Crippen molar-refractivity contribution >= 4 is 17.7 Å². The number of carboxylic acids is 1. The van der Waals surface area contributed by atoms with Crippen LogP contribution in [-0.2, 0) is 16.0 Å². The number of nitrogens with two attached hydrogens (primary N) is 2. The molecule has 0 saturated carbocycles. The van der Waals surface area contributed by atoms with E-state index in [-0.39, 0.29) is 24.7 Å². The number of ether oxygens (including phenoxy) is 1. The highest BCUT2D eigenvalue weighted by Crippen LogP contribution is 2.20. The molecule has 3 aromatic rings. The average Bonchev–Trinajstić information content (AvgIpc) is 2.89. The maximum absolute atomic E-state index is 11.8. The second kappa shape index (κ2) is 15.6. The fourth-order valence-corrected chi connectivity index (χ4v) is 2.77. The number of methoxy groups -OCH3 is 1. The third-order valence-corrected chi connectivity index (χ3v) is 4.66. The third-order valence-electron chi connectivity index (χ3n) is 4.66. The minimum absolute atomic E-state index is 0.0236. The van der Waals surface area contributed by atoms with E-state index in [0.29, 0.717) is 5.56 Å². The summed E-state index contributed by atoms with van der Waals surface area (Å²) in [6.07, 6.45) is 0.149. The van der Waals surface area contributed by atoms with Crippen molar-refractivity contribution in [3.63, 3.8) is 0 Å². The van der Waals surface area contributed by atoms with Gasteiger partial charge in [0.25, 0.3) is 0 Å². The van der Waals surface area contributed by atoms with Gasteiger partial charge in [0.1, 0.15) is 17.6 Å². The maximum Gasteiger partial charge on any atom is 0.322 e. The summed E-state index contributed by atoms with van der Waals surface area (Å²) in [4.78, 5) is 22.4. The molecular weight excluding hydrogens is 444 g/mol. The molecule has 1 amide bonds. The van der Waals surface area contributed by atoms with Crippen molar-refractivity contribution in [2.24, 2.45) is 11.5 Å². The molecule has 0 radical (unpaired) electrons. The molecule has 3 rings (SSSR count). The van der Waals surface area contributed by atoms with Gasteiger partial charge < -0.3 is 26.6 Å². The smallest absolute Gasteiger partial charge is 0.322 e. The summed E-state index contributed by atoms with van der Waals surface area (Å²) in [5.74, 6) is -0.501. The lowest BCUT2D eigenvalue weighted by atomic mass is 10.0. The van der Waals surface area contributed by atoms with Gasteiger partial charge in [-0.25, -0.2) is 0 Å². The first-order valence-corrected chi connectivity index (χ1v) is 11.2. The number of amides is 1.